The fourth-order valence-electron chi connectivity index (χ4n) is 4.18. The zero-order valence-corrected chi connectivity index (χ0v) is 19.9. The molecule has 3 N–H and O–H groups in total. The lowest BCUT2D eigenvalue weighted by atomic mass is 10.1. The smallest absolute Gasteiger partial charge is 0.319 e. The zero-order valence-electron chi connectivity index (χ0n) is 19.9. The Morgan fingerprint density at radius 2 is 2.00 bits per heavy atom. The van der Waals surface area contributed by atoms with Crippen LogP contribution >= 0.6 is 0 Å². The van der Waals surface area contributed by atoms with Crippen molar-refractivity contribution in [2.75, 3.05) is 30.4 Å². The number of benzene rings is 2. The minimum atomic E-state index is -0.286. The molecule has 6 rings (SSSR count). The van der Waals surface area contributed by atoms with Crippen molar-refractivity contribution in [1.29, 1.82) is 0 Å². The third-order valence-corrected chi connectivity index (χ3v) is 5.93. The molecule has 1 aliphatic heterocycles. The first-order valence-corrected chi connectivity index (χ1v) is 11.7. The van der Waals surface area contributed by atoms with Crippen molar-refractivity contribution in [1.82, 2.24) is 25.3 Å². The second-order valence-corrected chi connectivity index (χ2v) is 8.28. The number of amides is 2. The second kappa shape index (κ2) is 10.8. The summed E-state index contributed by atoms with van der Waals surface area (Å²) in [7, 11) is 1.63. The number of imidazole rings is 1. The van der Waals surface area contributed by atoms with Gasteiger partial charge in [-0.3, -0.25) is 0 Å². The van der Waals surface area contributed by atoms with E-state index in [-0.39, 0.29) is 6.03 Å². The third kappa shape index (κ3) is 5.22. The van der Waals surface area contributed by atoms with Crippen molar-refractivity contribution < 1.29 is 13.9 Å². The topological polar surface area (TPSA) is 121 Å². The molecule has 1 aliphatic rings. The standard InChI is InChI=1S/C17H16N2O3.C9H11N5/c1-21-16-6-2-4-12-7-8-13(10-15(12)16)19-17(20)18-11-14-5-3-9-22-14;1-2-4-14(3-1)9-7-8(11-5-10-7)12-6-13-9/h2-10H,11H2,1H3,(H2,18,19,20);5-6H,1-4H2,(H,10,11,12,13). The number of hydrogen-bond acceptors (Lipinski definition) is 7. The van der Waals surface area contributed by atoms with Gasteiger partial charge >= 0.3 is 6.03 Å². The Morgan fingerprint density at radius 1 is 1.11 bits per heavy atom. The van der Waals surface area contributed by atoms with Gasteiger partial charge in [0.1, 0.15) is 23.4 Å². The van der Waals surface area contributed by atoms with E-state index in [2.05, 4.69) is 35.5 Å². The summed E-state index contributed by atoms with van der Waals surface area (Å²) in [4.78, 5) is 29.8. The van der Waals surface area contributed by atoms with Gasteiger partial charge in [-0.2, -0.15) is 0 Å². The Balaban J connectivity index is 0.000000163. The zero-order chi connectivity index (χ0) is 24.7. The van der Waals surface area contributed by atoms with E-state index in [9.17, 15) is 4.79 Å². The average Bonchev–Trinajstić information content (AvgIpc) is 3.70. The van der Waals surface area contributed by atoms with Gasteiger partial charge in [-0.05, 0) is 48.6 Å². The highest BCUT2D eigenvalue weighted by atomic mass is 16.5. The molecule has 5 aromatic rings. The predicted octanol–water partition coefficient (Wildman–Crippen LogP) is 4.72. The van der Waals surface area contributed by atoms with Gasteiger partial charge in [0.15, 0.2) is 11.5 Å². The van der Waals surface area contributed by atoms with E-state index in [0.717, 1.165) is 46.6 Å². The van der Waals surface area contributed by atoms with Gasteiger partial charge in [-0.15, -0.1) is 0 Å². The van der Waals surface area contributed by atoms with Crippen LogP contribution in [0.5, 0.6) is 5.75 Å². The first-order chi connectivity index (χ1) is 17.7. The number of anilines is 2. The van der Waals surface area contributed by atoms with Gasteiger partial charge in [-0.25, -0.2) is 19.7 Å². The van der Waals surface area contributed by atoms with Crippen LogP contribution in [0.15, 0.2) is 71.9 Å². The number of methoxy groups -OCH3 is 1. The van der Waals surface area contributed by atoms with Crippen molar-refractivity contribution in [3.05, 3.63) is 73.2 Å². The SMILES string of the molecule is COc1cccc2ccc(NC(=O)NCc3ccco3)cc12.c1nc(N2CCCC2)c2[nH]cnc2n1. The normalized spacial score (nSPS) is 12.9. The van der Waals surface area contributed by atoms with Crippen LogP contribution in [0.25, 0.3) is 21.9 Å². The van der Waals surface area contributed by atoms with E-state index in [1.165, 1.54) is 12.8 Å². The number of carbonyl (C=O) groups excluding carboxylic acids is 1. The van der Waals surface area contributed by atoms with E-state index in [1.54, 1.807) is 38.2 Å². The van der Waals surface area contributed by atoms with Crippen LogP contribution in [0.2, 0.25) is 0 Å². The average molecular weight is 486 g/mol. The van der Waals surface area contributed by atoms with Crippen molar-refractivity contribution in [3.8, 4) is 5.75 Å². The molecule has 36 heavy (non-hydrogen) atoms. The molecule has 0 spiro atoms. The molecule has 0 radical (unpaired) electrons. The fourth-order valence-corrected chi connectivity index (χ4v) is 4.18. The van der Waals surface area contributed by atoms with Crippen molar-refractivity contribution in [2.45, 2.75) is 19.4 Å². The van der Waals surface area contributed by atoms with Gasteiger partial charge in [-0.1, -0.05) is 18.2 Å². The molecule has 4 heterocycles. The Bertz CT molecular complexity index is 1440. The largest absolute Gasteiger partial charge is 0.496 e. The maximum atomic E-state index is 11.9. The Kier molecular flexibility index (Phi) is 6.93. The number of fused-ring (bicyclic) bond motifs is 2. The van der Waals surface area contributed by atoms with Crippen LogP contribution in [-0.2, 0) is 6.54 Å². The number of aromatic amines is 1. The van der Waals surface area contributed by atoms with Crippen molar-refractivity contribution in [2.24, 2.45) is 0 Å². The third-order valence-electron chi connectivity index (χ3n) is 5.93. The summed E-state index contributed by atoms with van der Waals surface area (Å²) in [6, 6.07) is 14.8. The van der Waals surface area contributed by atoms with Gasteiger partial charge in [0, 0.05) is 24.2 Å². The molecule has 0 saturated carbocycles. The molecule has 0 aliphatic carbocycles. The molecule has 2 aromatic carbocycles. The van der Waals surface area contributed by atoms with E-state index < -0.39 is 0 Å². The molecular weight excluding hydrogens is 458 g/mol. The molecule has 2 amide bonds. The second-order valence-electron chi connectivity index (χ2n) is 8.28. The highest BCUT2D eigenvalue weighted by Crippen LogP contribution is 2.28. The number of carbonyl (C=O) groups is 1. The number of ether oxygens (including phenoxy) is 1. The molecular formula is C26H27N7O3. The minimum Gasteiger partial charge on any atom is -0.496 e. The van der Waals surface area contributed by atoms with Crippen molar-refractivity contribution >= 4 is 39.5 Å². The van der Waals surface area contributed by atoms with E-state index in [0.29, 0.717) is 18.0 Å². The van der Waals surface area contributed by atoms with Gasteiger partial charge in [0.25, 0.3) is 0 Å². The Morgan fingerprint density at radius 3 is 2.81 bits per heavy atom. The molecule has 0 atom stereocenters. The molecule has 184 valence electrons. The molecule has 3 aromatic heterocycles. The number of hydrogen-bond donors (Lipinski definition) is 3. The number of nitrogens with zero attached hydrogens (tertiary/aromatic N) is 4. The molecule has 10 heteroatoms. The molecule has 0 unspecified atom stereocenters. The van der Waals surface area contributed by atoms with Crippen LogP contribution in [0, 0.1) is 0 Å². The van der Waals surface area contributed by atoms with Crippen LogP contribution < -0.4 is 20.3 Å². The van der Waals surface area contributed by atoms with Crippen LogP contribution in [0.1, 0.15) is 18.6 Å². The highest BCUT2D eigenvalue weighted by molar-refractivity contribution is 5.95. The highest BCUT2D eigenvalue weighted by Gasteiger charge is 2.17. The van der Waals surface area contributed by atoms with E-state index >= 15 is 0 Å². The molecule has 10 nitrogen and oxygen atoms in total. The summed E-state index contributed by atoms with van der Waals surface area (Å²) in [5.41, 5.74) is 2.41. The summed E-state index contributed by atoms with van der Waals surface area (Å²) in [6.45, 7) is 2.52. The Labute approximate surface area is 207 Å². The lowest BCUT2D eigenvalue weighted by molar-refractivity contribution is 0.251. The molecule has 0 bridgehead atoms. The quantitative estimate of drug-likeness (QED) is 0.329. The maximum Gasteiger partial charge on any atom is 0.319 e. The molecule has 1 saturated heterocycles. The summed E-state index contributed by atoms with van der Waals surface area (Å²) in [5, 5.41) is 7.54. The number of nitrogens with one attached hydrogen (secondary N) is 3. The van der Waals surface area contributed by atoms with Gasteiger partial charge in [0.2, 0.25) is 0 Å². The fraction of sp³-hybridized carbons (Fsp3) is 0.231. The lowest BCUT2D eigenvalue weighted by Gasteiger charge is -2.15. The van der Waals surface area contributed by atoms with Gasteiger partial charge < -0.3 is 29.7 Å². The number of H-pyrrole nitrogens is 1. The van der Waals surface area contributed by atoms with E-state index in [4.69, 9.17) is 9.15 Å². The summed E-state index contributed by atoms with van der Waals surface area (Å²) in [6.07, 6.45) is 7.32. The monoisotopic (exact) mass is 485 g/mol. The van der Waals surface area contributed by atoms with Crippen molar-refractivity contribution in [3.63, 3.8) is 0 Å². The van der Waals surface area contributed by atoms with Gasteiger partial charge in [0.05, 0.1) is 26.2 Å². The maximum absolute atomic E-state index is 11.9. The van der Waals surface area contributed by atoms with E-state index in [1.807, 2.05) is 36.4 Å². The summed E-state index contributed by atoms with van der Waals surface area (Å²) < 4.78 is 10.5. The number of rotatable bonds is 5. The first kappa shape index (κ1) is 23.2. The number of furan rings is 1. The van der Waals surface area contributed by atoms with Crippen LogP contribution in [-0.4, -0.2) is 46.2 Å². The summed E-state index contributed by atoms with van der Waals surface area (Å²) in [5.74, 6) is 2.47. The lowest BCUT2D eigenvalue weighted by Crippen LogP contribution is -2.27. The van der Waals surface area contributed by atoms with Crippen LogP contribution in [0.4, 0.5) is 16.3 Å². The number of urea groups is 1. The Hall–Kier alpha value is -4.60. The molecule has 1 fully saturated rings. The predicted molar refractivity (Wildman–Crippen MR) is 138 cm³/mol. The van der Waals surface area contributed by atoms with Crippen LogP contribution in [0.3, 0.4) is 0 Å². The minimum absolute atomic E-state index is 0.286. The number of aromatic nitrogens is 4. The first-order valence-electron chi connectivity index (χ1n) is 11.7. The summed E-state index contributed by atoms with van der Waals surface area (Å²) >= 11 is 0.